The van der Waals surface area contributed by atoms with E-state index in [4.69, 9.17) is 17.3 Å². The Morgan fingerprint density at radius 3 is 3.00 bits per heavy atom. The van der Waals surface area contributed by atoms with Crippen LogP contribution < -0.4 is 10.6 Å². The van der Waals surface area contributed by atoms with Crippen molar-refractivity contribution >= 4 is 23.0 Å². The van der Waals surface area contributed by atoms with Gasteiger partial charge in [-0.3, -0.25) is 0 Å². The number of para-hydroxylation sites is 1. The Hall–Kier alpha value is -1.68. The summed E-state index contributed by atoms with van der Waals surface area (Å²) in [5, 5.41) is 0.699. The number of anilines is 2. The van der Waals surface area contributed by atoms with Gasteiger partial charge in [0.15, 0.2) is 0 Å². The van der Waals surface area contributed by atoms with Crippen LogP contribution in [0.3, 0.4) is 0 Å². The first-order chi connectivity index (χ1) is 8.25. The Morgan fingerprint density at radius 2 is 2.18 bits per heavy atom. The highest BCUT2D eigenvalue weighted by Gasteiger charge is 2.20. The highest BCUT2D eigenvalue weighted by Crippen LogP contribution is 2.33. The number of hydrogen-bond acceptors (Lipinski definition) is 3. The minimum atomic E-state index is 0.699. The van der Waals surface area contributed by atoms with E-state index in [1.807, 2.05) is 30.6 Å². The standard InChI is InChI=1S/C12H13ClN4/c13-9-2-1-3-10(14)12(9)17-7-6-16-5-4-15-11(16)8-17/h1-5H,6-8,14H2. The molecule has 0 fully saturated rings. The molecule has 2 heterocycles. The molecule has 0 amide bonds. The molecule has 1 aromatic carbocycles. The summed E-state index contributed by atoms with van der Waals surface area (Å²) in [6, 6.07) is 5.61. The lowest BCUT2D eigenvalue weighted by molar-refractivity contribution is 0.560. The molecule has 17 heavy (non-hydrogen) atoms. The van der Waals surface area contributed by atoms with Gasteiger partial charge in [0.05, 0.1) is 22.9 Å². The predicted molar refractivity (Wildman–Crippen MR) is 69.1 cm³/mol. The van der Waals surface area contributed by atoms with Gasteiger partial charge in [0.25, 0.3) is 0 Å². The van der Waals surface area contributed by atoms with Gasteiger partial charge in [-0.1, -0.05) is 17.7 Å². The molecule has 88 valence electrons. The second kappa shape index (κ2) is 3.96. The molecule has 0 bridgehead atoms. The molecule has 3 rings (SSSR count). The summed E-state index contributed by atoms with van der Waals surface area (Å²) in [5.74, 6) is 1.05. The summed E-state index contributed by atoms with van der Waals surface area (Å²) in [7, 11) is 0. The fourth-order valence-electron chi connectivity index (χ4n) is 2.23. The summed E-state index contributed by atoms with van der Waals surface area (Å²) >= 11 is 6.22. The molecule has 0 radical (unpaired) electrons. The molecule has 4 nitrogen and oxygen atoms in total. The maximum absolute atomic E-state index is 6.22. The summed E-state index contributed by atoms with van der Waals surface area (Å²) in [6.45, 7) is 2.57. The van der Waals surface area contributed by atoms with E-state index in [0.717, 1.165) is 36.8 Å². The van der Waals surface area contributed by atoms with Crippen LogP contribution in [0.25, 0.3) is 0 Å². The molecule has 0 aliphatic carbocycles. The van der Waals surface area contributed by atoms with Gasteiger partial charge in [0.2, 0.25) is 0 Å². The molecule has 1 aliphatic heterocycles. The van der Waals surface area contributed by atoms with E-state index in [-0.39, 0.29) is 0 Å². The monoisotopic (exact) mass is 248 g/mol. The van der Waals surface area contributed by atoms with Gasteiger partial charge in [-0.2, -0.15) is 0 Å². The van der Waals surface area contributed by atoms with Crippen LogP contribution in [0.15, 0.2) is 30.6 Å². The van der Waals surface area contributed by atoms with Crippen LogP contribution in [-0.4, -0.2) is 16.1 Å². The largest absolute Gasteiger partial charge is 0.397 e. The highest BCUT2D eigenvalue weighted by atomic mass is 35.5. The number of benzene rings is 1. The Morgan fingerprint density at radius 1 is 1.29 bits per heavy atom. The smallest absolute Gasteiger partial charge is 0.128 e. The zero-order chi connectivity index (χ0) is 11.8. The second-order valence-corrected chi connectivity index (χ2v) is 4.54. The van der Waals surface area contributed by atoms with E-state index < -0.39 is 0 Å². The number of nitrogens with zero attached hydrogens (tertiary/aromatic N) is 3. The minimum absolute atomic E-state index is 0.699. The molecule has 1 aromatic heterocycles. The van der Waals surface area contributed by atoms with Crippen molar-refractivity contribution in [3.63, 3.8) is 0 Å². The summed E-state index contributed by atoms with van der Waals surface area (Å²) < 4.78 is 2.16. The lowest BCUT2D eigenvalue weighted by Gasteiger charge is -2.31. The first-order valence-corrected chi connectivity index (χ1v) is 5.92. The van der Waals surface area contributed by atoms with Crippen molar-refractivity contribution in [3.05, 3.63) is 41.4 Å². The number of fused-ring (bicyclic) bond motifs is 1. The second-order valence-electron chi connectivity index (χ2n) is 4.14. The lowest BCUT2D eigenvalue weighted by atomic mass is 10.2. The van der Waals surface area contributed by atoms with Crippen molar-refractivity contribution in [3.8, 4) is 0 Å². The van der Waals surface area contributed by atoms with Gasteiger partial charge in [0, 0.05) is 25.5 Å². The molecule has 0 atom stereocenters. The lowest BCUT2D eigenvalue weighted by Crippen LogP contribution is -2.34. The molecule has 0 saturated carbocycles. The van der Waals surface area contributed by atoms with Crippen LogP contribution in [0.2, 0.25) is 5.02 Å². The SMILES string of the molecule is Nc1cccc(Cl)c1N1CCn2ccnc2C1. The van der Waals surface area contributed by atoms with Crippen molar-refractivity contribution < 1.29 is 0 Å². The van der Waals surface area contributed by atoms with Crippen LogP contribution in [0, 0.1) is 0 Å². The van der Waals surface area contributed by atoms with Crippen molar-refractivity contribution in [1.29, 1.82) is 0 Å². The van der Waals surface area contributed by atoms with E-state index in [0.29, 0.717) is 5.02 Å². The number of nitrogens with two attached hydrogens (primary N) is 1. The Kier molecular flexibility index (Phi) is 2.44. The van der Waals surface area contributed by atoms with Gasteiger partial charge in [-0.25, -0.2) is 4.98 Å². The predicted octanol–water partition coefficient (Wildman–Crippen LogP) is 2.14. The summed E-state index contributed by atoms with van der Waals surface area (Å²) in [5.41, 5.74) is 7.63. The Bertz CT molecular complexity index is 529. The minimum Gasteiger partial charge on any atom is -0.397 e. The number of halogens is 1. The zero-order valence-electron chi connectivity index (χ0n) is 9.31. The van der Waals surface area contributed by atoms with E-state index in [1.165, 1.54) is 0 Å². The Balaban J connectivity index is 1.97. The third-order valence-corrected chi connectivity index (χ3v) is 3.38. The molecule has 0 spiro atoms. The van der Waals surface area contributed by atoms with Gasteiger partial charge in [-0.05, 0) is 12.1 Å². The van der Waals surface area contributed by atoms with Gasteiger partial charge in [0.1, 0.15) is 5.82 Å². The van der Waals surface area contributed by atoms with E-state index in [9.17, 15) is 0 Å². The topological polar surface area (TPSA) is 47.1 Å². The van der Waals surface area contributed by atoms with Crippen LogP contribution in [0.1, 0.15) is 5.82 Å². The van der Waals surface area contributed by atoms with Gasteiger partial charge < -0.3 is 15.2 Å². The molecule has 0 saturated heterocycles. The van der Waals surface area contributed by atoms with Gasteiger partial charge in [-0.15, -0.1) is 0 Å². The van der Waals surface area contributed by atoms with Crippen LogP contribution >= 0.6 is 11.6 Å². The number of imidazole rings is 1. The van der Waals surface area contributed by atoms with Crippen molar-refractivity contribution in [2.24, 2.45) is 0 Å². The molecule has 0 unspecified atom stereocenters. The van der Waals surface area contributed by atoms with E-state index in [1.54, 1.807) is 0 Å². The number of hydrogen-bond donors (Lipinski definition) is 1. The molecular formula is C12H13ClN4. The molecular weight excluding hydrogens is 236 g/mol. The maximum atomic E-state index is 6.22. The van der Waals surface area contributed by atoms with Crippen LogP contribution in [0.5, 0.6) is 0 Å². The third-order valence-electron chi connectivity index (χ3n) is 3.08. The Labute approximate surface area is 105 Å². The quantitative estimate of drug-likeness (QED) is 0.787. The third kappa shape index (κ3) is 1.74. The van der Waals surface area contributed by atoms with Crippen LogP contribution in [0.4, 0.5) is 11.4 Å². The highest BCUT2D eigenvalue weighted by molar-refractivity contribution is 6.34. The van der Waals surface area contributed by atoms with Crippen molar-refractivity contribution in [1.82, 2.24) is 9.55 Å². The summed E-state index contributed by atoms with van der Waals surface area (Å²) in [4.78, 5) is 6.51. The summed E-state index contributed by atoms with van der Waals surface area (Å²) in [6.07, 6.45) is 3.83. The van der Waals surface area contributed by atoms with Gasteiger partial charge >= 0.3 is 0 Å². The van der Waals surface area contributed by atoms with Crippen LogP contribution in [-0.2, 0) is 13.1 Å². The van der Waals surface area contributed by atoms with Crippen molar-refractivity contribution in [2.75, 3.05) is 17.2 Å². The fraction of sp³-hybridized carbons (Fsp3) is 0.250. The maximum Gasteiger partial charge on any atom is 0.128 e. The molecule has 2 N–H and O–H groups in total. The zero-order valence-corrected chi connectivity index (χ0v) is 10.1. The number of rotatable bonds is 1. The molecule has 2 aromatic rings. The number of aromatic nitrogens is 2. The number of nitrogen functional groups attached to an aromatic ring is 1. The average Bonchev–Trinajstić information content (AvgIpc) is 2.76. The molecule has 5 heteroatoms. The first-order valence-electron chi connectivity index (χ1n) is 5.54. The van der Waals surface area contributed by atoms with E-state index in [2.05, 4.69) is 14.5 Å². The average molecular weight is 249 g/mol. The normalized spacial score (nSPS) is 14.8. The van der Waals surface area contributed by atoms with E-state index >= 15 is 0 Å². The van der Waals surface area contributed by atoms with Crippen molar-refractivity contribution in [2.45, 2.75) is 13.1 Å². The molecule has 1 aliphatic rings. The fourth-order valence-corrected chi connectivity index (χ4v) is 2.53. The first kappa shape index (κ1) is 10.5.